The van der Waals surface area contributed by atoms with Crippen LogP contribution in [-0.2, 0) is 19.1 Å². The maximum atomic E-state index is 14.4. The number of allylic oxidation sites excluding steroid dienone is 2. The number of ether oxygens (including phenoxy) is 3. The fourth-order valence-electron chi connectivity index (χ4n) is 4.87. The maximum absolute atomic E-state index is 14.4. The molecule has 0 saturated heterocycles. The van der Waals surface area contributed by atoms with E-state index >= 15 is 0 Å². The first-order chi connectivity index (χ1) is 22.0. The predicted octanol–water partition coefficient (Wildman–Crippen LogP) is 5.16. The number of aliphatic hydroxyl groups excluding tert-OH is 2. The Labute approximate surface area is 267 Å². The molecule has 0 spiro atoms. The van der Waals surface area contributed by atoms with E-state index in [-0.39, 0.29) is 32.7 Å². The first kappa shape index (κ1) is 38.4. The fourth-order valence-corrected chi connectivity index (χ4v) is 4.87. The number of hydrogen-bond donors (Lipinski definition) is 3. The van der Waals surface area contributed by atoms with Crippen LogP contribution >= 0.6 is 0 Å². The minimum atomic E-state index is -3.25. The molecule has 0 aliphatic heterocycles. The molecule has 3 N–H and O–H groups in total. The quantitative estimate of drug-likeness (QED) is 0.0499. The van der Waals surface area contributed by atoms with Crippen molar-refractivity contribution >= 4 is 12.1 Å². The van der Waals surface area contributed by atoms with Gasteiger partial charge in [0, 0.05) is 18.8 Å². The molecule has 1 aliphatic carbocycles. The molecule has 0 radical (unpaired) electrons. The second-order valence-corrected chi connectivity index (χ2v) is 11.3. The van der Waals surface area contributed by atoms with Crippen molar-refractivity contribution in [2.45, 2.75) is 88.9 Å². The van der Waals surface area contributed by atoms with Crippen molar-refractivity contribution in [1.82, 2.24) is 5.32 Å². The number of carbonyl (C=O) groups is 2. The highest BCUT2D eigenvalue weighted by Crippen LogP contribution is 2.37. The average molecular weight is 657 g/mol. The number of benzene rings is 1. The minimum Gasteiger partial charge on any atom is -0.487 e. The van der Waals surface area contributed by atoms with E-state index < -0.39 is 59.8 Å². The van der Waals surface area contributed by atoms with Crippen LogP contribution in [0.2, 0.25) is 0 Å². The largest absolute Gasteiger partial charge is 0.487 e. The zero-order chi connectivity index (χ0) is 33.8. The molecule has 258 valence electrons. The number of unbranched alkanes of at least 4 members (excludes halogenated alkanes) is 4. The highest BCUT2D eigenvalue weighted by atomic mass is 19.3. The molecule has 1 amide bonds. The van der Waals surface area contributed by atoms with Crippen LogP contribution in [0.15, 0.2) is 54.6 Å². The van der Waals surface area contributed by atoms with Crippen LogP contribution in [0.25, 0.3) is 0 Å². The SMILES string of the molecule is CC(COC(=O)CCCC=CC[C@@H]1[C@@H](C=CC(F)(F)COc2ccccc2)[C@H](O)C[C@@H]1O)NC(=O)OCCCCCCO[N+](=O)[O-]. The highest BCUT2D eigenvalue weighted by Gasteiger charge is 2.40. The van der Waals surface area contributed by atoms with Gasteiger partial charge in [0.25, 0.3) is 11.0 Å². The van der Waals surface area contributed by atoms with Crippen LogP contribution in [0.4, 0.5) is 13.6 Å². The molecule has 1 unspecified atom stereocenters. The molecule has 0 heterocycles. The van der Waals surface area contributed by atoms with E-state index in [1.165, 1.54) is 6.08 Å². The molecule has 1 aromatic rings. The van der Waals surface area contributed by atoms with Crippen molar-refractivity contribution in [3.05, 3.63) is 64.8 Å². The first-order valence-electron chi connectivity index (χ1n) is 15.6. The zero-order valence-electron chi connectivity index (χ0n) is 26.1. The standard InChI is InChI=1S/C32H46F2N2O10/c1-24(35-31(40)43-19-11-4-5-12-20-46-36(41)42)22-44-30(39)16-10-3-2-9-15-26-27(29(38)21-28(26)37)17-18-32(33,34)23-45-25-13-7-6-8-14-25/h2,6-9,13-14,17-18,24,26-29,37-38H,3-5,10-12,15-16,19-23H2,1H3,(H,35,40)/t24?,26-,27-,28+,29-/m1/s1. The van der Waals surface area contributed by atoms with Crippen LogP contribution in [0.1, 0.15) is 64.7 Å². The molecule has 0 aromatic heterocycles. The number of halogens is 2. The lowest BCUT2D eigenvalue weighted by Crippen LogP contribution is -2.37. The van der Waals surface area contributed by atoms with Crippen LogP contribution < -0.4 is 10.1 Å². The lowest BCUT2D eigenvalue weighted by atomic mass is 9.89. The molecule has 46 heavy (non-hydrogen) atoms. The monoisotopic (exact) mass is 656 g/mol. The van der Waals surface area contributed by atoms with E-state index in [2.05, 4.69) is 10.2 Å². The van der Waals surface area contributed by atoms with Gasteiger partial charge in [0.2, 0.25) is 0 Å². The van der Waals surface area contributed by atoms with Crippen molar-refractivity contribution in [3.63, 3.8) is 0 Å². The summed E-state index contributed by atoms with van der Waals surface area (Å²) in [6.45, 7) is 1.04. The highest BCUT2D eigenvalue weighted by molar-refractivity contribution is 5.69. The third-order valence-corrected chi connectivity index (χ3v) is 7.31. The summed E-state index contributed by atoms with van der Waals surface area (Å²) < 4.78 is 44.2. The van der Waals surface area contributed by atoms with Crippen molar-refractivity contribution in [3.8, 4) is 5.75 Å². The maximum Gasteiger partial charge on any atom is 0.407 e. The number of rotatable bonds is 22. The molecule has 1 fully saturated rings. The minimum absolute atomic E-state index is 0.0194. The number of carbonyl (C=O) groups excluding carboxylic acids is 2. The second kappa shape index (κ2) is 21.1. The lowest BCUT2D eigenvalue weighted by molar-refractivity contribution is -0.757. The summed E-state index contributed by atoms with van der Waals surface area (Å²) in [7, 11) is 0. The molecule has 5 atom stereocenters. The number of para-hydroxylation sites is 1. The van der Waals surface area contributed by atoms with Gasteiger partial charge in [0.05, 0.1) is 31.5 Å². The Bertz CT molecular complexity index is 1110. The summed E-state index contributed by atoms with van der Waals surface area (Å²) in [5.74, 6) is -4.41. The van der Waals surface area contributed by atoms with E-state index in [4.69, 9.17) is 14.2 Å². The number of nitrogens with zero attached hydrogens (tertiary/aromatic N) is 1. The predicted molar refractivity (Wildman–Crippen MR) is 164 cm³/mol. The summed E-state index contributed by atoms with van der Waals surface area (Å²) in [6, 6.07) is 7.83. The third-order valence-electron chi connectivity index (χ3n) is 7.31. The second-order valence-electron chi connectivity index (χ2n) is 11.3. The average Bonchev–Trinajstić information content (AvgIpc) is 3.28. The van der Waals surface area contributed by atoms with Crippen molar-refractivity contribution in [2.24, 2.45) is 11.8 Å². The molecular formula is C32H46F2N2O10. The van der Waals surface area contributed by atoms with Gasteiger partial charge < -0.3 is 34.6 Å². The van der Waals surface area contributed by atoms with Gasteiger partial charge in [-0.2, -0.15) is 8.78 Å². The molecule has 1 aromatic carbocycles. The Morgan fingerprint density at radius 3 is 2.50 bits per heavy atom. The molecule has 1 aliphatic rings. The van der Waals surface area contributed by atoms with Gasteiger partial charge in [-0.1, -0.05) is 42.8 Å². The number of alkyl halides is 2. The van der Waals surface area contributed by atoms with E-state index in [1.807, 2.05) is 12.2 Å². The summed E-state index contributed by atoms with van der Waals surface area (Å²) in [5.41, 5.74) is 0. The normalized spacial score (nSPS) is 20.5. The van der Waals surface area contributed by atoms with Gasteiger partial charge >= 0.3 is 12.1 Å². The fraction of sp³-hybridized carbons (Fsp3) is 0.625. The Morgan fingerprint density at radius 1 is 1.07 bits per heavy atom. The number of nitrogens with one attached hydrogen (secondary N) is 1. The molecular weight excluding hydrogens is 610 g/mol. The van der Waals surface area contributed by atoms with Crippen LogP contribution in [-0.4, -0.2) is 78.0 Å². The molecule has 12 nitrogen and oxygen atoms in total. The number of alkyl carbamates (subject to hydrolysis) is 1. The Kier molecular flexibility index (Phi) is 17.6. The smallest absolute Gasteiger partial charge is 0.407 e. The van der Waals surface area contributed by atoms with Gasteiger partial charge in [-0.05, 0) is 69.6 Å². The van der Waals surface area contributed by atoms with E-state index in [1.54, 1.807) is 37.3 Å². The molecule has 1 saturated carbocycles. The van der Waals surface area contributed by atoms with Gasteiger partial charge in [-0.25, -0.2) is 4.79 Å². The van der Waals surface area contributed by atoms with Gasteiger partial charge in [-0.15, -0.1) is 10.1 Å². The molecule has 2 rings (SSSR count). The van der Waals surface area contributed by atoms with Gasteiger partial charge in [0.1, 0.15) is 12.4 Å². The van der Waals surface area contributed by atoms with E-state index in [0.29, 0.717) is 44.3 Å². The third kappa shape index (κ3) is 16.5. The van der Waals surface area contributed by atoms with E-state index in [0.717, 1.165) is 12.5 Å². The first-order valence-corrected chi connectivity index (χ1v) is 15.6. The Hall–Kier alpha value is -3.78. The number of hydrogen-bond acceptors (Lipinski definition) is 10. The Balaban J connectivity index is 1.59. The summed E-state index contributed by atoms with van der Waals surface area (Å²) >= 11 is 0. The summed E-state index contributed by atoms with van der Waals surface area (Å²) in [6.07, 6.45) is 7.53. The van der Waals surface area contributed by atoms with Gasteiger partial charge in [0.15, 0.2) is 6.61 Å². The lowest BCUT2D eigenvalue weighted by Gasteiger charge is -2.20. The molecule has 0 bridgehead atoms. The molecule has 14 heteroatoms. The van der Waals surface area contributed by atoms with Crippen molar-refractivity contribution in [2.75, 3.05) is 26.4 Å². The number of aliphatic hydroxyl groups is 2. The van der Waals surface area contributed by atoms with Crippen LogP contribution in [0.5, 0.6) is 5.75 Å². The zero-order valence-corrected chi connectivity index (χ0v) is 26.1. The van der Waals surface area contributed by atoms with Crippen LogP contribution in [0.3, 0.4) is 0 Å². The summed E-state index contributed by atoms with van der Waals surface area (Å²) in [5, 5.41) is 32.5. The number of amides is 1. The topological polar surface area (TPSA) is 167 Å². The van der Waals surface area contributed by atoms with Crippen LogP contribution in [0, 0.1) is 22.0 Å². The number of esters is 1. The Morgan fingerprint density at radius 2 is 1.78 bits per heavy atom. The van der Waals surface area contributed by atoms with Gasteiger partial charge in [-0.3, -0.25) is 4.79 Å². The van der Waals surface area contributed by atoms with Crippen molar-refractivity contribution in [1.29, 1.82) is 0 Å². The summed E-state index contributed by atoms with van der Waals surface area (Å²) in [4.78, 5) is 38.2. The van der Waals surface area contributed by atoms with E-state index in [9.17, 15) is 38.7 Å². The van der Waals surface area contributed by atoms with Crippen molar-refractivity contribution < 1.29 is 52.7 Å².